The molecule has 90 valence electrons. The summed E-state index contributed by atoms with van der Waals surface area (Å²) in [6.45, 7) is 1.75. The van der Waals surface area contributed by atoms with Crippen LogP contribution in [0.3, 0.4) is 0 Å². The fourth-order valence-corrected chi connectivity index (χ4v) is 2.21. The smallest absolute Gasteiger partial charge is 0.262 e. The molecular formula is C12H9BrN4O. The van der Waals surface area contributed by atoms with E-state index in [2.05, 4.69) is 31.0 Å². The first-order valence-corrected chi connectivity index (χ1v) is 6.15. The average Bonchev–Trinajstić information content (AvgIpc) is 2.72. The Kier molecular flexibility index (Phi) is 2.52. The van der Waals surface area contributed by atoms with Crippen molar-refractivity contribution in [3.8, 4) is 5.69 Å². The van der Waals surface area contributed by atoms with E-state index in [1.807, 2.05) is 24.3 Å². The molecule has 0 bridgehead atoms. The lowest BCUT2D eigenvalue weighted by molar-refractivity contribution is 0.887. The summed E-state index contributed by atoms with van der Waals surface area (Å²) < 4.78 is 2.60. The van der Waals surface area contributed by atoms with E-state index in [0.29, 0.717) is 16.9 Å². The summed E-state index contributed by atoms with van der Waals surface area (Å²) in [5, 5.41) is 4.71. The molecule has 0 saturated carbocycles. The Labute approximate surface area is 111 Å². The maximum atomic E-state index is 11.8. The highest BCUT2D eigenvalue weighted by Crippen LogP contribution is 2.17. The molecule has 1 N–H and O–H groups in total. The Bertz CT molecular complexity index is 790. The van der Waals surface area contributed by atoms with Crippen LogP contribution in [0, 0.1) is 6.92 Å². The van der Waals surface area contributed by atoms with Gasteiger partial charge in [0.1, 0.15) is 11.2 Å². The second kappa shape index (κ2) is 4.06. The second-order valence-corrected chi connectivity index (χ2v) is 4.84. The number of aromatic amines is 1. The zero-order valence-corrected chi connectivity index (χ0v) is 11.1. The first-order valence-electron chi connectivity index (χ1n) is 5.36. The van der Waals surface area contributed by atoms with Crippen LogP contribution in [-0.2, 0) is 0 Å². The van der Waals surface area contributed by atoms with Gasteiger partial charge in [-0.3, -0.25) is 4.79 Å². The molecule has 0 atom stereocenters. The van der Waals surface area contributed by atoms with Crippen LogP contribution in [0.15, 0.2) is 39.7 Å². The maximum absolute atomic E-state index is 11.8. The molecule has 0 radical (unpaired) electrons. The van der Waals surface area contributed by atoms with Crippen LogP contribution >= 0.6 is 15.9 Å². The topological polar surface area (TPSA) is 63.6 Å². The highest BCUT2D eigenvalue weighted by atomic mass is 79.9. The lowest BCUT2D eigenvalue weighted by Crippen LogP contribution is -2.10. The van der Waals surface area contributed by atoms with Gasteiger partial charge in [0.25, 0.3) is 5.56 Å². The largest absolute Gasteiger partial charge is 0.310 e. The van der Waals surface area contributed by atoms with Crippen molar-refractivity contribution in [2.45, 2.75) is 6.92 Å². The summed E-state index contributed by atoms with van der Waals surface area (Å²) in [6.07, 6.45) is 1.53. The van der Waals surface area contributed by atoms with Crippen molar-refractivity contribution >= 4 is 27.0 Å². The Hall–Kier alpha value is -1.95. The van der Waals surface area contributed by atoms with Crippen LogP contribution in [0.4, 0.5) is 0 Å². The van der Waals surface area contributed by atoms with Crippen molar-refractivity contribution in [1.82, 2.24) is 19.7 Å². The zero-order chi connectivity index (χ0) is 12.7. The minimum Gasteiger partial charge on any atom is -0.310 e. The van der Waals surface area contributed by atoms with E-state index in [-0.39, 0.29) is 5.56 Å². The van der Waals surface area contributed by atoms with E-state index in [4.69, 9.17) is 0 Å². The lowest BCUT2D eigenvalue weighted by atomic mass is 10.3. The van der Waals surface area contributed by atoms with E-state index in [1.165, 1.54) is 6.20 Å². The molecule has 2 aromatic heterocycles. The monoisotopic (exact) mass is 304 g/mol. The Morgan fingerprint density at radius 1 is 1.39 bits per heavy atom. The molecule has 0 unspecified atom stereocenters. The number of rotatable bonds is 1. The summed E-state index contributed by atoms with van der Waals surface area (Å²) in [4.78, 5) is 18.7. The molecule has 0 aliphatic rings. The molecule has 1 aromatic carbocycles. The van der Waals surface area contributed by atoms with Gasteiger partial charge in [0.2, 0.25) is 0 Å². The molecular weight excluding hydrogens is 296 g/mol. The van der Waals surface area contributed by atoms with Crippen molar-refractivity contribution in [3.05, 3.63) is 51.1 Å². The molecule has 2 heterocycles. The summed E-state index contributed by atoms with van der Waals surface area (Å²) >= 11 is 3.41. The number of fused-ring (bicyclic) bond motifs is 1. The molecule has 0 aliphatic carbocycles. The molecule has 3 aromatic rings. The van der Waals surface area contributed by atoms with Crippen molar-refractivity contribution in [2.24, 2.45) is 0 Å². The number of halogens is 1. The van der Waals surface area contributed by atoms with Crippen molar-refractivity contribution in [2.75, 3.05) is 0 Å². The van der Waals surface area contributed by atoms with Crippen LogP contribution in [0.25, 0.3) is 16.7 Å². The molecule has 0 saturated heterocycles. The fourth-order valence-electron chi connectivity index (χ4n) is 1.83. The summed E-state index contributed by atoms with van der Waals surface area (Å²) in [6, 6.07) is 7.67. The van der Waals surface area contributed by atoms with E-state index >= 15 is 0 Å². The Morgan fingerprint density at radius 3 is 3.00 bits per heavy atom. The van der Waals surface area contributed by atoms with Gasteiger partial charge in [-0.25, -0.2) is 9.67 Å². The number of hydrogen-bond acceptors (Lipinski definition) is 3. The molecule has 18 heavy (non-hydrogen) atoms. The highest BCUT2D eigenvalue weighted by molar-refractivity contribution is 9.10. The third kappa shape index (κ3) is 1.74. The van der Waals surface area contributed by atoms with Crippen molar-refractivity contribution < 1.29 is 0 Å². The van der Waals surface area contributed by atoms with Crippen molar-refractivity contribution in [1.29, 1.82) is 0 Å². The van der Waals surface area contributed by atoms with Crippen LogP contribution in [0.5, 0.6) is 0 Å². The van der Waals surface area contributed by atoms with E-state index in [1.54, 1.807) is 11.6 Å². The maximum Gasteiger partial charge on any atom is 0.262 e. The number of H-pyrrole nitrogens is 1. The SMILES string of the molecule is Cc1nc2c(cnn2-c2cccc(Br)c2)c(=O)[nH]1. The molecule has 0 amide bonds. The summed E-state index contributed by atoms with van der Waals surface area (Å²) in [5.41, 5.74) is 1.25. The van der Waals surface area contributed by atoms with Gasteiger partial charge < -0.3 is 4.98 Å². The quantitative estimate of drug-likeness (QED) is 0.749. The molecule has 5 nitrogen and oxygen atoms in total. The van der Waals surface area contributed by atoms with Crippen LogP contribution in [-0.4, -0.2) is 19.7 Å². The average molecular weight is 305 g/mol. The predicted molar refractivity (Wildman–Crippen MR) is 71.9 cm³/mol. The van der Waals surface area contributed by atoms with Crippen LogP contribution in [0.2, 0.25) is 0 Å². The number of hydrogen-bond donors (Lipinski definition) is 1. The second-order valence-electron chi connectivity index (χ2n) is 3.92. The van der Waals surface area contributed by atoms with Gasteiger partial charge in [0.05, 0.1) is 11.9 Å². The first-order chi connectivity index (χ1) is 8.65. The van der Waals surface area contributed by atoms with Gasteiger partial charge >= 0.3 is 0 Å². The summed E-state index contributed by atoms with van der Waals surface area (Å²) in [7, 11) is 0. The number of nitrogens with zero attached hydrogens (tertiary/aromatic N) is 3. The molecule has 0 spiro atoms. The van der Waals surface area contributed by atoms with E-state index in [9.17, 15) is 4.79 Å². The standard InChI is InChI=1S/C12H9BrN4O/c1-7-15-11-10(12(18)16-7)6-14-17(11)9-4-2-3-8(13)5-9/h2-6H,1H3,(H,15,16,18). The number of aryl methyl sites for hydroxylation is 1. The van der Waals surface area contributed by atoms with Crippen LogP contribution < -0.4 is 5.56 Å². The highest BCUT2D eigenvalue weighted by Gasteiger charge is 2.10. The predicted octanol–water partition coefficient (Wildman–Crippen LogP) is 2.18. The molecule has 6 heteroatoms. The fraction of sp³-hybridized carbons (Fsp3) is 0.0833. The molecule has 0 fully saturated rings. The van der Waals surface area contributed by atoms with E-state index < -0.39 is 0 Å². The van der Waals surface area contributed by atoms with E-state index in [0.717, 1.165) is 10.2 Å². The number of benzene rings is 1. The van der Waals surface area contributed by atoms with Gasteiger partial charge in [-0.05, 0) is 25.1 Å². The number of aromatic nitrogens is 4. The minimum absolute atomic E-state index is 0.168. The van der Waals surface area contributed by atoms with Gasteiger partial charge in [-0.1, -0.05) is 22.0 Å². The third-order valence-corrected chi connectivity index (χ3v) is 3.10. The van der Waals surface area contributed by atoms with Crippen LogP contribution in [0.1, 0.15) is 5.82 Å². The molecule has 0 aliphatic heterocycles. The molecule has 3 rings (SSSR count). The number of nitrogens with one attached hydrogen (secondary N) is 1. The van der Waals surface area contributed by atoms with Crippen molar-refractivity contribution in [3.63, 3.8) is 0 Å². The van der Waals surface area contributed by atoms with Gasteiger partial charge in [-0.2, -0.15) is 5.10 Å². The Morgan fingerprint density at radius 2 is 2.22 bits per heavy atom. The van der Waals surface area contributed by atoms with Gasteiger partial charge in [-0.15, -0.1) is 0 Å². The van der Waals surface area contributed by atoms with Gasteiger partial charge in [0, 0.05) is 4.47 Å². The first kappa shape index (κ1) is 11.2. The summed E-state index contributed by atoms with van der Waals surface area (Å²) in [5.74, 6) is 0.573. The van der Waals surface area contributed by atoms with Gasteiger partial charge in [0.15, 0.2) is 5.65 Å². The third-order valence-electron chi connectivity index (χ3n) is 2.61. The Balaban J connectivity index is 2.34. The zero-order valence-electron chi connectivity index (χ0n) is 9.51. The lowest BCUT2D eigenvalue weighted by Gasteiger charge is -2.03. The normalized spacial score (nSPS) is 11.0. The minimum atomic E-state index is -0.168.